The van der Waals surface area contributed by atoms with Crippen LogP contribution in [0.1, 0.15) is 48.5 Å². The maximum Gasteiger partial charge on any atom is 0.425 e. The van der Waals surface area contributed by atoms with Crippen LogP contribution in [0.15, 0.2) is 0 Å². The van der Waals surface area contributed by atoms with Gasteiger partial charge >= 0.3 is 12.1 Å². The standard InChI is InChI=1S/C13H23NO6S/c1-11(2,3)19-9(15)13(7)8-18-21(17)14(13)10(16)20-12(4,5)6/h8H2,1-7H3/t13-,21?/m0/s1. The van der Waals surface area contributed by atoms with Gasteiger partial charge in [-0.25, -0.2) is 13.8 Å². The molecule has 122 valence electrons. The van der Waals surface area contributed by atoms with Crippen molar-refractivity contribution in [1.29, 1.82) is 0 Å². The number of nitrogens with zero attached hydrogens (tertiary/aromatic N) is 1. The molecule has 7 nitrogen and oxygen atoms in total. The molecule has 0 aromatic heterocycles. The summed E-state index contributed by atoms with van der Waals surface area (Å²) in [7, 11) is 0. The molecule has 0 aliphatic carbocycles. The van der Waals surface area contributed by atoms with Crippen LogP contribution in [0.4, 0.5) is 4.79 Å². The third kappa shape index (κ3) is 4.41. The zero-order valence-corrected chi connectivity index (χ0v) is 14.3. The fourth-order valence-corrected chi connectivity index (χ4v) is 2.59. The lowest BCUT2D eigenvalue weighted by molar-refractivity contribution is -0.165. The van der Waals surface area contributed by atoms with Crippen LogP contribution in [0.25, 0.3) is 0 Å². The number of carbonyl (C=O) groups excluding carboxylic acids is 2. The number of rotatable bonds is 1. The molecule has 0 saturated carbocycles. The van der Waals surface area contributed by atoms with Crippen LogP contribution in [-0.2, 0) is 29.7 Å². The predicted molar refractivity (Wildman–Crippen MR) is 76.4 cm³/mol. The van der Waals surface area contributed by atoms with Gasteiger partial charge in [0.25, 0.3) is 11.3 Å². The van der Waals surface area contributed by atoms with Crippen molar-refractivity contribution in [1.82, 2.24) is 4.31 Å². The molecule has 1 amide bonds. The summed E-state index contributed by atoms with van der Waals surface area (Å²) in [5.41, 5.74) is -3.00. The molecular formula is C13H23NO6S. The fourth-order valence-electron chi connectivity index (χ4n) is 1.54. The van der Waals surface area contributed by atoms with Crippen molar-refractivity contribution in [3.63, 3.8) is 0 Å². The Labute approximate surface area is 127 Å². The van der Waals surface area contributed by atoms with E-state index in [4.69, 9.17) is 13.7 Å². The second kappa shape index (κ2) is 5.57. The van der Waals surface area contributed by atoms with Crippen molar-refractivity contribution < 1.29 is 27.5 Å². The van der Waals surface area contributed by atoms with Gasteiger partial charge in [-0.1, -0.05) is 0 Å². The first-order valence-corrected chi connectivity index (χ1v) is 7.61. The summed E-state index contributed by atoms with van der Waals surface area (Å²) in [4.78, 5) is 24.5. The third-order valence-corrected chi connectivity index (χ3v) is 3.61. The largest absolute Gasteiger partial charge is 0.458 e. The van der Waals surface area contributed by atoms with Gasteiger partial charge in [0.2, 0.25) is 0 Å². The van der Waals surface area contributed by atoms with Gasteiger partial charge in [0.1, 0.15) is 17.8 Å². The summed E-state index contributed by atoms with van der Waals surface area (Å²) in [5, 5.41) is 0. The van der Waals surface area contributed by atoms with E-state index in [2.05, 4.69) is 0 Å². The summed E-state index contributed by atoms with van der Waals surface area (Å²) < 4.78 is 28.1. The van der Waals surface area contributed by atoms with Gasteiger partial charge in [0, 0.05) is 0 Å². The minimum absolute atomic E-state index is 0.215. The second-order valence-corrected chi connectivity index (χ2v) is 8.06. The van der Waals surface area contributed by atoms with E-state index in [1.807, 2.05) is 0 Å². The zero-order chi connectivity index (χ0) is 16.6. The molecule has 1 unspecified atom stereocenters. The second-order valence-electron chi connectivity index (χ2n) is 7.03. The highest BCUT2D eigenvalue weighted by Crippen LogP contribution is 2.31. The molecular weight excluding hydrogens is 298 g/mol. The normalized spacial score (nSPS) is 26.6. The molecule has 1 saturated heterocycles. The van der Waals surface area contributed by atoms with E-state index in [1.54, 1.807) is 41.5 Å². The molecule has 0 N–H and O–H groups in total. The van der Waals surface area contributed by atoms with E-state index in [0.29, 0.717) is 0 Å². The first kappa shape index (κ1) is 17.9. The summed E-state index contributed by atoms with van der Waals surface area (Å²) in [6.07, 6.45) is -0.883. The van der Waals surface area contributed by atoms with Crippen molar-refractivity contribution in [2.24, 2.45) is 0 Å². The summed E-state index contributed by atoms with van der Waals surface area (Å²) in [5.74, 6) is -0.688. The van der Waals surface area contributed by atoms with Gasteiger partial charge < -0.3 is 9.47 Å². The first-order chi connectivity index (χ1) is 9.26. The van der Waals surface area contributed by atoms with E-state index in [-0.39, 0.29) is 6.61 Å². The van der Waals surface area contributed by atoms with E-state index in [9.17, 15) is 13.8 Å². The summed E-state index contributed by atoms with van der Waals surface area (Å²) >= 11 is -2.09. The zero-order valence-electron chi connectivity index (χ0n) is 13.5. The number of hydrogen-bond acceptors (Lipinski definition) is 6. The van der Waals surface area contributed by atoms with Gasteiger partial charge in [0.05, 0.1) is 0 Å². The molecule has 0 spiro atoms. The quantitative estimate of drug-likeness (QED) is 0.686. The number of amides is 1. The van der Waals surface area contributed by atoms with Gasteiger partial charge in [-0.05, 0) is 48.5 Å². The van der Waals surface area contributed by atoms with E-state index < -0.39 is 40.1 Å². The molecule has 8 heteroatoms. The van der Waals surface area contributed by atoms with Gasteiger partial charge in [0.15, 0.2) is 5.54 Å². The Morgan fingerprint density at radius 3 is 2.00 bits per heavy atom. The van der Waals surface area contributed by atoms with E-state index in [0.717, 1.165) is 4.31 Å². The van der Waals surface area contributed by atoms with Crippen LogP contribution in [0, 0.1) is 0 Å². The average molecular weight is 321 g/mol. The third-order valence-electron chi connectivity index (χ3n) is 2.44. The molecule has 1 heterocycles. The van der Waals surface area contributed by atoms with Crippen LogP contribution < -0.4 is 0 Å². The number of carbonyl (C=O) groups is 2. The Bertz CT molecular complexity index is 464. The van der Waals surface area contributed by atoms with Crippen molar-refractivity contribution in [2.45, 2.75) is 65.2 Å². The SMILES string of the molecule is CC(C)(C)OC(=O)N1S(=O)OC[C@@]1(C)C(=O)OC(C)(C)C. The molecule has 21 heavy (non-hydrogen) atoms. The Morgan fingerprint density at radius 2 is 1.57 bits per heavy atom. The van der Waals surface area contributed by atoms with Crippen molar-refractivity contribution in [3.05, 3.63) is 0 Å². The highest BCUT2D eigenvalue weighted by molar-refractivity contribution is 7.78. The molecule has 1 aliphatic rings. The predicted octanol–water partition coefficient (Wildman–Crippen LogP) is 1.93. The minimum atomic E-state index is -2.09. The lowest BCUT2D eigenvalue weighted by Crippen LogP contribution is -2.55. The lowest BCUT2D eigenvalue weighted by Gasteiger charge is -2.32. The van der Waals surface area contributed by atoms with Crippen LogP contribution >= 0.6 is 0 Å². The van der Waals surface area contributed by atoms with Crippen molar-refractivity contribution in [3.8, 4) is 0 Å². The number of esters is 1. The monoisotopic (exact) mass is 321 g/mol. The summed E-state index contributed by atoms with van der Waals surface area (Å²) in [6, 6.07) is 0. The van der Waals surface area contributed by atoms with Crippen LogP contribution in [0.3, 0.4) is 0 Å². The van der Waals surface area contributed by atoms with E-state index in [1.165, 1.54) is 6.92 Å². The Morgan fingerprint density at radius 1 is 1.10 bits per heavy atom. The first-order valence-electron chi connectivity index (χ1n) is 6.58. The highest BCUT2D eigenvalue weighted by Gasteiger charge is 2.55. The number of ether oxygens (including phenoxy) is 2. The molecule has 1 aliphatic heterocycles. The van der Waals surface area contributed by atoms with Crippen LogP contribution in [-0.4, -0.2) is 43.9 Å². The maximum atomic E-state index is 12.3. The number of hydrogen-bond donors (Lipinski definition) is 0. The molecule has 0 bridgehead atoms. The van der Waals surface area contributed by atoms with Crippen molar-refractivity contribution in [2.75, 3.05) is 6.61 Å². The molecule has 0 radical (unpaired) electrons. The lowest BCUT2D eigenvalue weighted by atomic mass is 10.0. The minimum Gasteiger partial charge on any atom is -0.458 e. The fraction of sp³-hybridized carbons (Fsp3) is 0.846. The van der Waals surface area contributed by atoms with Gasteiger partial charge in [-0.3, -0.25) is 4.18 Å². The topological polar surface area (TPSA) is 82.1 Å². The maximum absolute atomic E-state index is 12.3. The Hall–Kier alpha value is -1.15. The highest BCUT2D eigenvalue weighted by atomic mass is 32.2. The Kier molecular flexibility index (Phi) is 4.74. The molecule has 1 rings (SSSR count). The van der Waals surface area contributed by atoms with E-state index >= 15 is 0 Å². The molecule has 0 aromatic rings. The summed E-state index contributed by atoms with van der Waals surface area (Å²) in [6.45, 7) is 11.4. The van der Waals surface area contributed by atoms with Crippen LogP contribution in [0.5, 0.6) is 0 Å². The van der Waals surface area contributed by atoms with Crippen molar-refractivity contribution >= 4 is 23.3 Å². The Balaban J connectivity index is 3.02. The molecule has 1 fully saturated rings. The van der Waals surface area contributed by atoms with Crippen LogP contribution in [0.2, 0.25) is 0 Å². The van der Waals surface area contributed by atoms with Gasteiger partial charge in [-0.2, -0.15) is 4.31 Å². The smallest absolute Gasteiger partial charge is 0.425 e. The molecule has 0 aromatic carbocycles. The average Bonchev–Trinajstić information content (AvgIpc) is 2.51. The van der Waals surface area contributed by atoms with Gasteiger partial charge in [-0.15, -0.1) is 0 Å². The molecule has 2 atom stereocenters.